The fraction of sp³-hybridized carbons (Fsp3) is 0.300. The Balaban J connectivity index is 1.82. The number of ketones is 1. The van der Waals surface area contributed by atoms with Crippen LogP contribution in [0.4, 0.5) is 8.78 Å². The van der Waals surface area contributed by atoms with E-state index in [9.17, 15) is 18.4 Å². The van der Waals surface area contributed by atoms with Crippen LogP contribution in [0.15, 0.2) is 42.5 Å². The molecule has 5 nitrogen and oxygen atoms in total. The fourth-order valence-electron chi connectivity index (χ4n) is 2.48. The van der Waals surface area contributed by atoms with Gasteiger partial charge in [0.25, 0.3) is 0 Å². The summed E-state index contributed by atoms with van der Waals surface area (Å²) in [5, 5.41) is 2.69. The number of carbonyl (C=O) groups is 2. The molecule has 2 aromatic carbocycles. The molecule has 0 atom stereocenters. The summed E-state index contributed by atoms with van der Waals surface area (Å²) in [7, 11) is 1.49. The van der Waals surface area contributed by atoms with Gasteiger partial charge in [0, 0.05) is 19.4 Å². The Kier molecular flexibility index (Phi) is 7.28. The molecule has 0 heterocycles. The molecule has 27 heavy (non-hydrogen) atoms. The summed E-state index contributed by atoms with van der Waals surface area (Å²) in [6.45, 7) is -0.767. The first-order valence-corrected chi connectivity index (χ1v) is 8.37. The van der Waals surface area contributed by atoms with Crippen molar-refractivity contribution in [3.8, 4) is 11.5 Å². The number of alkyl halides is 2. The van der Waals surface area contributed by atoms with Crippen molar-refractivity contribution in [1.82, 2.24) is 5.32 Å². The number of nitrogens with one attached hydrogen (secondary N) is 1. The number of benzene rings is 2. The Morgan fingerprint density at radius 2 is 1.78 bits per heavy atom. The quantitative estimate of drug-likeness (QED) is 0.674. The highest BCUT2D eigenvalue weighted by Gasteiger charge is 2.14. The van der Waals surface area contributed by atoms with E-state index in [-0.39, 0.29) is 36.8 Å². The monoisotopic (exact) mass is 377 g/mol. The molecule has 0 spiro atoms. The molecule has 0 saturated heterocycles. The third-order valence-corrected chi connectivity index (χ3v) is 3.87. The van der Waals surface area contributed by atoms with E-state index in [1.807, 2.05) is 13.0 Å². The largest absolute Gasteiger partial charge is 0.496 e. The number of carbonyl (C=O) groups excluding carboxylic acids is 2. The maximum atomic E-state index is 12.3. The van der Waals surface area contributed by atoms with Gasteiger partial charge < -0.3 is 14.8 Å². The summed E-state index contributed by atoms with van der Waals surface area (Å²) in [6, 6.07) is 11.3. The minimum absolute atomic E-state index is 0.0442. The average molecular weight is 377 g/mol. The van der Waals surface area contributed by atoms with Gasteiger partial charge in [-0.2, -0.15) is 8.78 Å². The highest BCUT2D eigenvalue weighted by Crippen LogP contribution is 2.21. The van der Waals surface area contributed by atoms with Gasteiger partial charge in [0.15, 0.2) is 5.78 Å². The van der Waals surface area contributed by atoms with Crippen LogP contribution in [0.2, 0.25) is 0 Å². The number of amides is 1. The predicted molar refractivity (Wildman–Crippen MR) is 96.2 cm³/mol. The molecule has 0 saturated carbocycles. The summed E-state index contributed by atoms with van der Waals surface area (Å²) in [5.41, 5.74) is 2.12. The molecule has 2 aromatic rings. The Bertz CT molecular complexity index is 791. The highest BCUT2D eigenvalue weighted by molar-refractivity contribution is 6.00. The third kappa shape index (κ3) is 6.36. The van der Waals surface area contributed by atoms with Crippen molar-refractivity contribution in [2.45, 2.75) is 32.9 Å². The van der Waals surface area contributed by atoms with Gasteiger partial charge >= 0.3 is 6.61 Å². The summed E-state index contributed by atoms with van der Waals surface area (Å²) >= 11 is 0. The molecule has 7 heteroatoms. The van der Waals surface area contributed by atoms with Crippen LogP contribution in [0.5, 0.6) is 11.5 Å². The lowest BCUT2D eigenvalue weighted by atomic mass is 10.0. The molecule has 0 radical (unpaired) electrons. The van der Waals surface area contributed by atoms with Crippen molar-refractivity contribution in [2.24, 2.45) is 0 Å². The summed E-state index contributed by atoms with van der Waals surface area (Å²) in [5.74, 6) is 0.0944. The second-order valence-electron chi connectivity index (χ2n) is 5.93. The molecular formula is C20H21F2NO4. The molecular weight excluding hydrogens is 356 g/mol. The van der Waals surface area contributed by atoms with Crippen molar-refractivity contribution < 1.29 is 27.8 Å². The number of hydrogen-bond donors (Lipinski definition) is 1. The molecule has 0 unspecified atom stereocenters. The molecule has 1 amide bonds. The van der Waals surface area contributed by atoms with Crippen LogP contribution >= 0.6 is 0 Å². The molecule has 0 fully saturated rings. The Morgan fingerprint density at radius 3 is 2.41 bits per heavy atom. The Hall–Kier alpha value is -2.96. The normalized spacial score (nSPS) is 10.6. The number of halogens is 2. The summed E-state index contributed by atoms with van der Waals surface area (Å²) in [6.07, 6.45) is 0.106. The van der Waals surface area contributed by atoms with Gasteiger partial charge in [-0.25, -0.2) is 0 Å². The van der Waals surface area contributed by atoms with Gasteiger partial charge in [0.1, 0.15) is 11.5 Å². The van der Waals surface area contributed by atoms with Crippen LogP contribution < -0.4 is 14.8 Å². The van der Waals surface area contributed by atoms with E-state index in [1.165, 1.54) is 19.2 Å². The van der Waals surface area contributed by atoms with Crippen LogP contribution in [-0.4, -0.2) is 25.4 Å². The van der Waals surface area contributed by atoms with Crippen LogP contribution in [-0.2, 0) is 11.3 Å². The van der Waals surface area contributed by atoms with Gasteiger partial charge in [-0.1, -0.05) is 23.8 Å². The number of Topliss-reactive ketones (excluding diaryl/α,β-unsaturated/α-hetero) is 1. The van der Waals surface area contributed by atoms with Crippen LogP contribution in [0.3, 0.4) is 0 Å². The van der Waals surface area contributed by atoms with Gasteiger partial charge in [-0.05, 0) is 36.8 Å². The van der Waals surface area contributed by atoms with Crippen molar-refractivity contribution in [1.29, 1.82) is 0 Å². The van der Waals surface area contributed by atoms with E-state index in [0.29, 0.717) is 11.3 Å². The smallest absolute Gasteiger partial charge is 0.387 e. The highest BCUT2D eigenvalue weighted by atomic mass is 19.3. The average Bonchev–Trinajstić information content (AvgIpc) is 2.65. The predicted octanol–water partition coefficient (Wildman–Crippen LogP) is 3.88. The van der Waals surface area contributed by atoms with E-state index in [4.69, 9.17) is 4.74 Å². The molecule has 1 N–H and O–H groups in total. The number of hydrogen-bond acceptors (Lipinski definition) is 4. The van der Waals surface area contributed by atoms with E-state index in [0.717, 1.165) is 11.1 Å². The zero-order valence-corrected chi connectivity index (χ0v) is 15.1. The van der Waals surface area contributed by atoms with Crippen LogP contribution in [0.1, 0.15) is 34.3 Å². The Morgan fingerprint density at radius 1 is 1.07 bits per heavy atom. The minimum atomic E-state index is -2.87. The second-order valence-corrected chi connectivity index (χ2v) is 5.93. The molecule has 144 valence electrons. The van der Waals surface area contributed by atoms with Crippen LogP contribution in [0, 0.1) is 6.92 Å². The first-order chi connectivity index (χ1) is 12.9. The molecule has 0 aliphatic rings. The van der Waals surface area contributed by atoms with E-state index in [2.05, 4.69) is 10.1 Å². The van der Waals surface area contributed by atoms with E-state index in [1.54, 1.807) is 24.3 Å². The lowest BCUT2D eigenvalue weighted by molar-refractivity contribution is -0.121. The zero-order valence-electron chi connectivity index (χ0n) is 15.1. The molecule has 0 aliphatic heterocycles. The number of ether oxygens (including phenoxy) is 2. The van der Waals surface area contributed by atoms with Crippen molar-refractivity contribution in [3.63, 3.8) is 0 Å². The third-order valence-electron chi connectivity index (χ3n) is 3.87. The first kappa shape index (κ1) is 20.4. The fourth-order valence-corrected chi connectivity index (χ4v) is 2.48. The second kappa shape index (κ2) is 9.66. The number of methoxy groups -OCH3 is 1. The topological polar surface area (TPSA) is 64.6 Å². The molecule has 0 aliphatic carbocycles. The number of aryl methyl sites for hydroxylation is 1. The summed E-state index contributed by atoms with van der Waals surface area (Å²) < 4.78 is 33.7. The van der Waals surface area contributed by atoms with Crippen molar-refractivity contribution >= 4 is 11.7 Å². The van der Waals surface area contributed by atoms with Crippen molar-refractivity contribution in [2.75, 3.05) is 7.11 Å². The van der Waals surface area contributed by atoms with E-state index < -0.39 is 6.61 Å². The molecule has 0 aromatic heterocycles. The number of rotatable bonds is 9. The molecule has 0 bridgehead atoms. The molecule has 2 rings (SSSR count). The summed E-state index contributed by atoms with van der Waals surface area (Å²) in [4.78, 5) is 24.3. The maximum Gasteiger partial charge on any atom is 0.387 e. The van der Waals surface area contributed by atoms with Gasteiger partial charge in [-0.15, -0.1) is 0 Å². The lowest BCUT2D eigenvalue weighted by Crippen LogP contribution is -2.23. The minimum Gasteiger partial charge on any atom is -0.496 e. The van der Waals surface area contributed by atoms with Crippen LogP contribution in [0.25, 0.3) is 0 Å². The maximum absolute atomic E-state index is 12.3. The zero-order chi connectivity index (χ0) is 19.8. The van der Waals surface area contributed by atoms with Gasteiger partial charge in [0.05, 0.1) is 12.7 Å². The SMILES string of the molecule is COc1ccc(C)cc1C(=O)CCC(=O)NCc1ccc(OC(F)F)cc1. The van der Waals surface area contributed by atoms with Crippen molar-refractivity contribution in [3.05, 3.63) is 59.2 Å². The first-order valence-electron chi connectivity index (χ1n) is 8.37. The lowest BCUT2D eigenvalue weighted by Gasteiger charge is -2.09. The standard InChI is InChI=1S/C20H21F2NO4/c1-13-3-9-18(26-2)16(11-13)17(24)8-10-19(25)23-12-14-4-6-15(7-5-14)27-20(21)22/h3-7,9,11,20H,8,10,12H2,1-2H3,(H,23,25). The van der Waals surface area contributed by atoms with Gasteiger partial charge in [-0.3, -0.25) is 9.59 Å². The Labute approximate surface area is 156 Å². The van der Waals surface area contributed by atoms with Gasteiger partial charge in [0.2, 0.25) is 5.91 Å². The van der Waals surface area contributed by atoms with E-state index >= 15 is 0 Å².